The summed E-state index contributed by atoms with van der Waals surface area (Å²) in [6.07, 6.45) is 0. The topological polar surface area (TPSA) is 0 Å². The van der Waals surface area contributed by atoms with Crippen molar-refractivity contribution in [3.05, 3.63) is 29.8 Å². The minimum atomic E-state index is 0. The third-order valence-electron chi connectivity index (χ3n) is 1.52. The van der Waals surface area contributed by atoms with Gasteiger partial charge in [-0.1, -0.05) is 0 Å². The van der Waals surface area contributed by atoms with Gasteiger partial charge in [0.1, 0.15) is 0 Å². The summed E-state index contributed by atoms with van der Waals surface area (Å²) >= 11 is 2.66. The monoisotopic (exact) mass is 293 g/mol. The minimum absolute atomic E-state index is 0. The SMILES string of the molecule is CC(C)c1cccc[c]1[Ru].Cl.Cl. The molecule has 0 aliphatic rings. The van der Waals surface area contributed by atoms with Crippen LogP contribution in [-0.2, 0) is 18.3 Å². The fourth-order valence-corrected chi connectivity index (χ4v) is 1.75. The molecule has 0 atom stereocenters. The zero-order valence-electron chi connectivity index (χ0n) is 7.06. The van der Waals surface area contributed by atoms with Crippen LogP contribution in [0.3, 0.4) is 0 Å². The Kier molecular flexibility index (Phi) is 8.56. The Balaban J connectivity index is 0. The van der Waals surface area contributed by atoms with Crippen molar-refractivity contribution in [1.29, 1.82) is 0 Å². The average molecular weight is 293 g/mol. The van der Waals surface area contributed by atoms with E-state index in [9.17, 15) is 0 Å². The number of halogens is 2. The molecule has 1 aromatic carbocycles. The van der Waals surface area contributed by atoms with Gasteiger partial charge in [0.15, 0.2) is 0 Å². The first-order valence-corrected chi connectivity index (χ1v) is 4.32. The fraction of sp³-hybridized carbons (Fsp3) is 0.333. The molecule has 0 nitrogen and oxygen atoms in total. The van der Waals surface area contributed by atoms with Crippen LogP contribution in [0.5, 0.6) is 0 Å². The maximum absolute atomic E-state index is 2.66. The fourth-order valence-electron chi connectivity index (χ4n) is 0.932. The normalized spacial score (nSPS) is 8.67. The van der Waals surface area contributed by atoms with Crippen LogP contribution in [-0.4, -0.2) is 0 Å². The van der Waals surface area contributed by atoms with Crippen LogP contribution < -0.4 is 4.16 Å². The summed E-state index contributed by atoms with van der Waals surface area (Å²) in [4.78, 5) is 0. The van der Waals surface area contributed by atoms with E-state index in [0.29, 0.717) is 5.92 Å². The zero-order chi connectivity index (χ0) is 7.56. The van der Waals surface area contributed by atoms with Gasteiger partial charge < -0.3 is 0 Å². The van der Waals surface area contributed by atoms with Crippen molar-refractivity contribution in [3.8, 4) is 0 Å². The van der Waals surface area contributed by atoms with Gasteiger partial charge >= 0.3 is 72.1 Å². The molecule has 12 heavy (non-hydrogen) atoms. The third-order valence-corrected chi connectivity index (χ3v) is 2.31. The van der Waals surface area contributed by atoms with E-state index in [1.807, 2.05) is 0 Å². The summed E-state index contributed by atoms with van der Waals surface area (Å²) in [5, 5.41) is 0. The minimum Gasteiger partial charge on any atom is -0.147 e. The molecule has 0 N–H and O–H groups in total. The Hall–Kier alpha value is 0.423. The number of benzene rings is 1. The molecule has 0 unspecified atom stereocenters. The van der Waals surface area contributed by atoms with Crippen LogP contribution in [0, 0.1) is 0 Å². The van der Waals surface area contributed by atoms with Gasteiger partial charge in [-0.05, 0) is 0 Å². The van der Waals surface area contributed by atoms with Gasteiger partial charge in [0, 0.05) is 0 Å². The summed E-state index contributed by atoms with van der Waals surface area (Å²) in [5.74, 6) is 0.636. The molecule has 0 saturated carbocycles. The molecule has 0 fully saturated rings. The molecular formula is C9H13Cl2Ru. The largest absolute Gasteiger partial charge is 0.147 e. The number of rotatable bonds is 1. The Morgan fingerprint density at radius 1 is 1.08 bits per heavy atom. The maximum atomic E-state index is 2.66. The van der Waals surface area contributed by atoms with E-state index in [1.54, 1.807) is 0 Å². The van der Waals surface area contributed by atoms with Crippen molar-refractivity contribution >= 4 is 29.0 Å². The Labute approximate surface area is 96.6 Å². The van der Waals surface area contributed by atoms with Crippen LogP contribution in [0.4, 0.5) is 0 Å². The van der Waals surface area contributed by atoms with Crippen LogP contribution >= 0.6 is 24.8 Å². The number of hydrogen-bond acceptors (Lipinski definition) is 0. The van der Waals surface area contributed by atoms with Crippen LogP contribution in [0.1, 0.15) is 25.3 Å². The Morgan fingerprint density at radius 2 is 1.58 bits per heavy atom. The molecule has 0 heterocycles. The Bertz CT molecular complexity index is 224. The molecule has 1 rings (SSSR count). The first-order chi connectivity index (χ1) is 4.72. The van der Waals surface area contributed by atoms with E-state index in [4.69, 9.17) is 0 Å². The quantitative estimate of drug-likeness (QED) is 0.699. The molecule has 0 radical (unpaired) electrons. The first kappa shape index (κ1) is 14.9. The first-order valence-electron chi connectivity index (χ1n) is 3.45. The van der Waals surface area contributed by atoms with Gasteiger partial charge in [-0.2, -0.15) is 0 Å². The second kappa shape index (κ2) is 6.89. The van der Waals surface area contributed by atoms with E-state index in [-0.39, 0.29) is 24.8 Å². The van der Waals surface area contributed by atoms with E-state index in [2.05, 4.69) is 56.4 Å². The molecule has 0 amide bonds. The van der Waals surface area contributed by atoms with Crippen LogP contribution in [0.25, 0.3) is 0 Å². The van der Waals surface area contributed by atoms with Crippen LogP contribution in [0.2, 0.25) is 0 Å². The van der Waals surface area contributed by atoms with Crippen molar-refractivity contribution in [1.82, 2.24) is 0 Å². The molecule has 71 valence electrons. The number of hydrogen-bond donors (Lipinski definition) is 0. The molecule has 0 aromatic heterocycles. The van der Waals surface area contributed by atoms with Gasteiger partial charge in [-0.3, -0.25) is 0 Å². The predicted octanol–water partition coefficient (Wildman–Crippen LogP) is 2.83. The van der Waals surface area contributed by atoms with Gasteiger partial charge in [0.25, 0.3) is 0 Å². The summed E-state index contributed by atoms with van der Waals surface area (Å²) in [6, 6.07) is 8.46. The molecular weight excluding hydrogens is 280 g/mol. The molecule has 0 bridgehead atoms. The standard InChI is InChI=1S/C9H11.2ClH.Ru/c1-8(2)9-6-4-3-5-7-9;;;/h3-6,8H,1-2H3;2*1H;. The van der Waals surface area contributed by atoms with E-state index >= 15 is 0 Å². The average Bonchev–Trinajstić information content (AvgIpc) is 1.88. The predicted molar refractivity (Wildman–Crippen MR) is 54.7 cm³/mol. The van der Waals surface area contributed by atoms with Crippen molar-refractivity contribution in [2.45, 2.75) is 19.8 Å². The molecule has 1 aromatic rings. The summed E-state index contributed by atoms with van der Waals surface area (Å²) in [5.41, 5.74) is 1.43. The van der Waals surface area contributed by atoms with Gasteiger partial charge in [0.2, 0.25) is 0 Å². The molecule has 0 aliphatic carbocycles. The zero-order valence-corrected chi connectivity index (χ0v) is 10.4. The Morgan fingerprint density at radius 3 is 1.92 bits per heavy atom. The van der Waals surface area contributed by atoms with Crippen molar-refractivity contribution in [2.24, 2.45) is 0 Å². The summed E-state index contributed by atoms with van der Waals surface area (Å²) in [6.45, 7) is 4.43. The maximum Gasteiger partial charge on any atom is -0.147 e. The van der Waals surface area contributed by atoms with E-state index in [1.165, 1.54) is 9.72 Å². The van der Waals surface area contributed by atoms with Crippen LogP contribution in [0.15, 0.2) is 24.3 Å². The molecule has 0 spiro atoms. The van der Waals surface area contributed by atoms with E-state index < -0.39 is 0 Å². The van der Waals surface area contributed by atoms with Crippen molar-refractivity contribution in [3.63, 3.8) is 0 Å². The summed E-state index contributed by atoms with van der Waals surface area (Å²) in [7, 11) is 0. The van der Waals surface area contributed by atoms with Gasteiger partial charge in [-0.25, -0.2) is 0 Å². The van der Waals surface area contributed by atoms with Crippen molar-refractivity contribution < 1.29 is 18.3 Å². The van der Waals surface area contributed by atoms with Gasteiger partial charge in [-0.15, -0.1) is 24.8 Å². The van der Waals surface area contributed by atoms with Gasteiger partial charge in [0.05, 0.1) is 0 Å². The molecule has 3 heteroatoms. The second-order valence-electron chi connectivity index (χ2n) is 2.66. The summed E-state index contributed by atoms with van der Waals surface area (Å²) < 4.78 is 1.33. The van der Waals surface area contributed by atoms with Crippen molar-refractivity contribution in [2.75, 3.05) is 0 Å². The third kappa shape index (κ3) is 3.89. The smallest absolute Gasteiger partial charge is 0.147 e. The van der Waals surface area contributed by atoms with E-state index in [0.717, 1.165) is 0 Å². The second-order valence-corrected chi connectivity index (χ2v) is 3.60. The molecule has 0 saturated heterocycles. The molecule has 0 aliphatic heterocycles.